The molecule has 0 aromatic heterocycles. The van der Waals surface area contributed by atoms with E-state index in [2.05, 4.69) is 5.32 Å². The Bertz CT molecular complexity index is 388. The van der Waals surface area contributed by atoms with Gasteiger partial charge in [-0.05, 0) is 6.42 Å². The number of rotatable bonds is 1. The Morgan fingerprint density at radius 2 is 2.07 bits per heavy atom. The minimum Gasteiger partial charge on any atom is -0.311 e. The summed E-state index contributed by atoms with van der Waals surface area (Å²) in [7, 11) is -3.01. The molecule has 7 heteroatoms. The maximum Gasteiger partial charge on any atom is 0.324 e. The molecule has 2 rings (SSSR count). The van der Waals surface area contributed by atoms with E-state index >= 15 is 0 Å². The lowest BCUT2D eigenvalue weighted by Crippen LogP contribution is -2.38. The highest BCUT2D eigenvalue weighted by Gasteiger charge is 2.38. The first kappa shape index (κ1) is 9.45. The van der Waals surface area contributed by atoms with Crippen LogP contribution in [0, 0.1) is 0 Å². The molecule has 0 saturated carbocycles. The quantitative estimate of drug-likeness (QED) is 0.556. The van der Waals surface area contributed by atoms with Gasteiger partial charge in [0.25, 0.3) is 0 Å². The van der Waals surface area contributed by atoms with Crippen molar-refractivity contribution in [2.45, 2.75) is 12.5 Å². The molecule has 2 fully saturated rings. The maximum absolute atomic E-state index is 11.2. The van der Waals surface area contributed by atoms with Crippen LogP contribution >= 0.6 is 0 Å². The van der Waals surface area contributed by atoms with Crippen molar-refractivity contribution in [1.82, 2.24) is 10.2 Å². The molecular formula is C7H10N2O4S. The zero-order chi connectivity index (χ0) is 10.3. The van der Waals surface area contributed by atoms with Crippen LogP contribution in [0.2, 0.25) is 0 Å². The molecule has 0 radical (unpaired) electrons. The number of nitrogens with one attached hydrogen (secondary N) is 1. The van der Waals surface area contributed by atoms with Crippen molar-refractivity contribution >= 4 is 21.8 Å². The Labute approximate surface area is 81.2 Å². The average Bonchev–Trinajstić information content (AvgIpc) is 2.55. The van der Waals surface area contributed by atoms with Crippen LogP contribution in [0.1, 0.15) is 6.42 Å². The minimum atomic E-state index is -3.01. The molecule has 1 N–H and O–H groups in total. The molecule has 0 aromatic rings. The summed E-state index contributed by atoms with van der Waals surface area (Å²) < 4.78 is 22.3. The highest BCUT2D eigenvalue weighted by Crippen LogP contribution is 2.19. The van der Waals surface area contributed by atoms with E-state index in [1.54, 1.807) is 0 Å². The molecule has 6 nitrogen and oxygen atoms in total. The summed E-state index contributed by atoms with van der Waals surface area (Å²) >= 11 is 0. The lowest BCUT2D eigenvalue weighted by atomic mass is 10.2. The molecule has 1 unspecified atom stereocenters. The number of carbonyl (C=O) groups excluding carboxylic acids is 2. The first-order chi connectivity index (χ1) is 6.48. The lowest BCUT2D eigenvalue weighted by molar-refractivity contribution is -0.118. The number of urea groups is 1. The van der Waals surface area contributed by atoms with Crippen LogP contribution in [0.15, 0.2) is 0 Å². The standard InChI is InChI=1S/C7H10N2O4S/c10-6-3-9(7(11)8-6)5-1-2-14(12,13)4-5/h5H,1-4H2,(H,8,10,11). The summed E-state index contributed by atoms with van der Waals surface area (Å²) in [6.45, 7) is -0.0149. The maximum atomic E-state index is 11.2. The molecule has 2 aliphatic heterocycles. The van der Waals surface area contributed by atoms with Crippen molar-refractivity contribution in [3.63, 3.8) is 0 Å². The number of hydrogen-bond donors (Lipinski definition) is 1. The Morgan fingerprint density at radius 3 is 2.50 bits per heavy atom. The summed E-state index contributed by atoms with van der Waals surface area (Å²) in [4.78, 5) is 23.3. The minimum absolute atomic E-state index is 0.0149. The molecule has 14 heavy (non-hydrogen) atoms. The first-order valence-corrected chi connectivity index (χ1v) is 6.11. The van der Waals surface area contributed by atoms with Crippen molar-refractivity contribution in [2.75, 3.05) is 18.1 Å². The van der Waals surface area contributed by atoms with Gasteiger partial charge in [-0.3, -0.25) is 10.1 Å². The normalized spacial score (nSPS) is 30.9. The van der Waals surface area contributed by atoms with Gasteiger partial charge < -0.3 is 4.90 Å². The molecule has 2 saturated heterocycles. The van der Waals surface area contributed by atoms with Crippen LogP contribution in [0.3, 0.4) is 0 Å². The predicted octanol–water partition coefficient (Wildman–Crippen LogP) is -1.27. The molecule has 0 aromatic carbocycles. The average molecular weight is 218 g/mol. The molecule has 0 aliphatic carbocycles. The second kappa shape index (κ2) is 2.94. The van der Waals surface area contributed by atoms with Crippen LogP contribution in [0.25, 0.3) is 0 Å². The Morgan fingerprint density at radius 1 is 1.36 bits per heavy atom. The Hall–Kier alpha value is -1.11. The monoisotopic (exact) mass is 218 g/mol. The van der Waals surface area contributed by atoms with Crippen LogP contribution in [0.5, 0.6) is 0 Å². The second-order valence-corrected chi connectivity index (χ2v) is 5.77. The number of nitrogens with zero attached hydrogens (tertiary/aromatic N) is 1. The third-order valence-electron chi connectivity index (χ3n) is 2.47. The molecular weight excluding hydrogens is 208 g/mol. The smallest absolute Gasteiger partial charge is 0.311 e. The molecule has 3 amide bonds. The van der Waals surface area contributed by atoms with Gasteiger partial charge in [-0.2, -0.15) is 0 Å². The van der Waals surface area contributed by atoms with Crippen LogP contribution < -0.4 is 5.32 Å². The molecule has 2 heterocycles. The van der Waals surface area contributed by atoms with Crippen molar-refractivity contribution in [2.24, 2.45) is 0 Å². The van der Waals surface area contributed by atoms with Crippen molar-refractivity contribution in [1.29, 1.82) is 0 Å². The van der Waals surface area contributed by atoms with Crippen LogP contribution in [-0.2, 0) is 14.6 Å². The largest absolute Gasteiger partial charge is 0.324 e. The van der Waals surface area contributed by atoms with E-state index in [0.717, 1.165) is 0 Å². The molecule has 0 bridgehead atoms. The van der Waals surface area contributed by atoms with Gasteiger partial charge in [0.15, 0.2) is 9.84 Å². The van der Waals surface area contributed by atoms with Gasteiger partial charge in [0.05, 0.1) is 11.5 Å². The van der Waals surface area contributed by atoms with Crippen molar-refractivity contribution in [3.05, 3.63) is 0 Å². The number of carbonyl (C=O) groups is 2. The van der Waals surface area contributed by atoms with E-state index in [0.29, 0.717) is 6.42 Å². The third kappa shape index (κ3) is 1.59. The van der Waals surface area contributed by atoms with Gasteiger partial charge >= 0.3 is 6.03 Å². The number of amides is 3. The molecule has 78 valence electrons. The van der Waals surface area contributed by atoms with Gasteiger partial charge in [0.1, 0.15) is 6.54 Å². The highest BCUT2D eigenvalue weighted by molar-refractivity contribution is 7.91. The van der Waals surface area contributed by atoms with Crippen molar-refractivity contribution < 1.29 is 18.0 Å². The summed E-state index contributed by atoms with van der Waals surface area (Å²) in [5.41, 5.74) is 0. The predicted molar refractivity (Wildman–Crippen MR) is 47.3 cm³/mol. The van der Waals surface area contributed by atoms with Crippen LogP contribution in [-0.4, -0.2) is 49.3 Å². The zero-order valence-electron chi connectivity index (χ0n) is 7.39. The Balaban J connectivity index is 2.11. The number of sulfone groups is 1. The fraction of sp³-hybridized carbons (Fsp3) is 0.714. The number of imide groups is 1. The van der Waals surface area contributed by atoms with E-state index in [1.165, 1.54) is 4.90 Å². The number of hydrogen-bond acceptors (Lipinski definition) is 4. The van der Waals surface area contributed by atoms with Gasteiger partial charge in [0.2, 0.25) is 5.91 Å². The molecule has 1 atom stereocenters. The van der Waals surface area contributed by atoms with E-state index in [9.17, 15) is 18.0 Å². The molecule has 0 spiro atoms. The van der Waals surface area contributed by atoms with Gasteiger partial charge in [-0.15, -0.1) is 0 Å². The molecule has 2 aliphatic rings. The Kier molecular flexibility index (Phi) is 1.99. The van der Waals surface area contributed by atoms with E-state index < -0.39 is 15.9 Å². The second-order valence-electron chi connectivity index (χ2n) is 3.54. The topological polar surface area (TPSA) is 83.6 Å². The van der Waals surface area contributed by atoms with Gasteiger partial charge in [-0.25, -0.2) is 13.2 Å². The summed E-state index contributed by atoms with van der Waals surface area (Å²) in [5.74, 6) is -0.275. The van der Waals surface area contributed by atoms with E-state index in [1.807, 2.05) is 0 Å². The van der Waals surface area contributed by atoms with E-state index in [-0.39, 0.29) is 30.0 Å². The summed E-state index contributed by atoms with van der Waals surface area (Å²) in [6, 6.07) is -0.802. The van der Waals surface area contributed by atoms with Crippen LogP contribution in [0.4, 0.5) is 4.79 Å². The zero-order valence-corrected chi connectivity index (χ0v) is 8.21. The summed E-state index contributed by atoms with van der Waals surface area (Å²) in [5, 5.41) is 2.12. The van der Waals surface area contributed by atoms with E-state index in [4.69, 9.17) is 0 Å². The first-order valence-electron chi connectivity index (χ1n) is 4.29. The van der Waals surface area contributed by atoms with Crippen molar-refractivity contribution in [3.8, 4) is 0 Å². The lowest BCUT2D eigenvalue weighted by Gasteiger charge is -2.19. The van der Waals surface area contributed by atoms with Gasteiger partial charge in [0, 0.05) is 6.04 Å². The van der Waals surface area contributed by atoms with Gasteiger partial charge in [-0.1, -0.05) is 0 Å². The third-order valence-corrected chi connectivity index (χ3v) is 4.22. The summed E-state index contributed by atoms with van der Waals surface area (Å²) in [6.07, 6.45) is 0.434. The SMILES string of the molecule is O=C1CN(C2CCS(=O)(=O)C2)C(=O)N1. The fourth-order valence-corrected chi connectivity index (χ4v) is 3.50. The highest BCUT2D eigenvalue weighted by atomic mass is 32.2. The fourth-order valence-electron chi connectivity index (χ4n) is 1.77.